The zero-order chi connectivity index (χ0) is 15.2. The van der Waals surface area contributed by atoms with Crippen LogP contribution in [0.2, 0.25) is 5.02 Å². The molecule has 0 spiro atoms. The lowest BCUT2D eigenvalue weighted by molar-refractivity contribution is -0.123. The second kappa shape index (κ2) is 6.90. The minimum Gasteiger partial charge on any atom is -0.326 e. The van der Waals surface area contributed by atoms with Crippen molar-refractivity contribution < 1.29 is 9.59 Å². The van der Waals surface area contributed by atoms with Gasteiger partial charge in [-0.15, -0.1) is 0 Å². The molecule has 0 aliphatic carbocycles. The van der Waals surface area contributed by atoms with Crippen molar-refractivity contribution in [3.05, 3.63) is 59.1 Å². The van der Waals surface area contributed by atoms with Gasteiger partial charge in [-0.3, -0.25) is 9.59 Å². The molecule has 0 aliphatic rings. The van der Waals surface area contributed by atoms with Crippen LogP contribution < -0.4 is 10.6 Å². The fourth-order valence-electron chi connectivity index (χ4n) is 1.82. The fourth-order valence-corrected chi connectivity index (χ4v) is 2.02. The van der Waals surface area contributed by atoms with Crippen LogP contribution in [0, 0.1) is 6.92 Å². The number of nitrogens with one attached hydrogen (secondary N) is 2. The number of halogens is 1. The highest BCUT2D eigenvalue weighted by molar-refractivity contribution is 6.30. The van der Waals surface area contributed by atoms with Crippen LogP contribution >= 0.6 is 11.6 Å². The Morgan fingerprint density at radius 3 is 2.43 bits per heavy atom. The molecule has 2 amide bonds. The molecule has 108 valence electrons. The summed E-state index contributed by atoms with van der Waals surface area (Å²) >= 11 is 5.83. The van der Waals surface area contributed by atoms with Crippen molar-refractivity contribution in [2.75, 3.05) is 10.6 Å². The molecule has 0 unspecified atom stereocenters. The zero-order valence-corrected chi connectivity index (χ0v) is 12.3. The number of hydrogen-bond acceptors (Lipinski definition) is 2. The first-order valence-electron chi connectivity index (χ1n) is 6.45. The van der Waals surface area contributed by atoms with Gasteiger partial charge in [0.25, 0.3) is 0 Å². The zero-order valence-electron chi connectivity index (χ0n) is 11.5. The quantitative estimate of drug-likeness (QED) is 0.848. The van der Waals surface area contributed by atoms with Crippen LogP contribution in [-0.2, 0) is 9.59 Å². The van der Waals surface area contributed by atoms with E-state index in [-0.39, 0.29) is 18.2 Å². The van der Waals surface area contributed by atoms with Gasteiger partial charge in [0.05, 0.1) is 0 Å². The topological polar surface area (TPSA) is 58.2 Å². The Bertz CT molecular complexity index is 671. The Kier molecular flexibility index (Phi) is 4.95. The Hall–Kier alpha value is -2.33. The standard InChI is InChI=1S/C16H15ClN2O2/c1-11-5-2-3-8-14(11)19-16(21)10-15(20)18-13-7-4-6-12(17)9-13/h2-9H,10H2,1H3,(H,18,20)(H,19,21). The predicted molar refractivity (Wildman–Crippen MR) is 84.5 cm³/mol. The van der Waals surface area contributed by atoms with E-state index in [1.54, 1.807) is 30.3 Å². The van der Waals surface area contributed by atoms with Crippen molar-refractivity contribution in [3.8, 4) is 0 Å². The maximum atomic E-state index is 11.8. The van der Waals surface area contributed by atoms with Crippen LogP contribution in [0.15, 0.2) is 48.5 Å². The Balaban J connectivity index is 1.91. The van der Waals surface area contributed by atoms with Gasteiger partial charge in [-0.2, -0.15) is 0 Å². The smallest absolute Gasteiger partial charge is 0.233 e. The maximum absolute atomic E-state index is 11.8. The first-order valence-corrected chi connectivity index (χ1v) is 6.83. The highest BCUT2D eigenvalue weighted by Gasteiger charge is 2.11. The second-order valence-electron chi connectivity index (χ2n) is 4.60. The molecular weight excluding hydrogens is 288 g/mol. The largest absolute Gasteiger partial charge is 0.326 e. The van der Waals surface area contributed by atoms with E-state index in [9.17, 15) is 9.59 Å². The summed E-state index contributed by atoms with van der Waals surface area (Å²) < 4.78 is 0. The Labute approximate surface area is 128 Å². The third-order valence-corrected chi connectivity index (χ3v) is 3.08. The molecule has 2 N–H and O–H groups in total. The van der Waals surface area contributed by atoms with Gasteiger partial charge in [-0.1, -0.05) is 35.9 Å². The first-order chi connectivity index (χ1) is 10.0. The van der Waals surface area contributed by atoms with Crippen molar-refractivity contribution >= 4 is 34.8 Å². The van der Waals surface area contributed by atoms with E-state index in [4.69, 9.17) is 11.6 Å². The highest BCUT2D eigenvalue weighted by Crippen LogP contribution is 2.16. The highest BCUT2D eigenvalue weighted by atomic mass is 35.5. The summed E-state index contributed by atoms with van der Waals surface area (Å²) in [7, 11) is 0. The summed E-state index contributed by atoms with van der Waals surface area (Å²) in [6.45, 7) is 1.89. The summed E-state index contributed by atoms with van der Waals surface area (Å²) in [6.07, 6.45) is -0.249. The lowest BCUT2D eigenvalue weighted by Crippen LogP contribution is -2.21. The number of carbonyl (C=O) groups excluding carboxylic acids is 2. The van der Waals surface area contributed by atoms with Gasteiger partial charge in [0, 0.05) is 16.4 Å². The molecule has 21 heavy (non-hydrogen) atoms. The van der Waals surface area contributed by atoms with Crippen molar-refractivity contribution in [2.45, 2.75) is 13.3 Å². The molecule has 0 radical (unpaired) electrons. The Morgan fingerprint density at radius 1 is 1.00 bits per heavy atom. The molecule has 0 bridgehead atoms. The third kappa shape index (κ3) is 4.61. The van der Waals surface area contributed by atoms with Crippen LogP contribution in [0.25, 0.3) is 0 Å². The van der Waals surface area contributed by atoms with Gasteiger partial charge < -0.3 is 10.6 Å². The van der Waals surface area contributed by atoms with E-state index in [1.807, 2.05) is 25.1 Å². The molecule has 2 aromatic carbocycles. The number of rotatable bonds is 4. The fraction of sp³-hybridized carbons (Fsp3) is 0.125. The number of amides is 2. The van der Waals surface area contributed by atoms with Crippen LogP contribution in [0.4, 0.5) is 11.4 Å². The third-order valence-electron chi connectivity index (χ3n) is 2.85. The molecule has 2 rings (SSSR count). The van der Waals surface area contributed by atoms with Crippen LogP contribution in [0.3, 0.4) is 0 Å². The van der Waals surface area contributed by atoms with Gasteiger partial charge in [-0.05, 0) is 36.8 Å². The number of hydrogen-bond donors (Lipinski definition) is 2. The van der Waals surface area contributed by atoms with Crippen molar-refractivity contribution in [1.82, 2.24) is 0 Å². The monoisotopic (exact) mass is 302 g/mol. The molecule has 0 aliphatic heterocycles. The molecule has 0 heterocycles. The minimum atomic E-state index is -0.386. The normalized spacial score (nSPS) is 10.0. The van der Waals surface area contributed by atoms with Gasteiger partial charge >= 0.3 is 0 Å². The molecule has 0 saturated heterocycles. The van der Waals surface area contributed by atoms with Crippen LogP contribution in [-0.4, -0.2) is 11.8 Å². The molecule has 0 aromatic heterocycles. The number of para-hydroxylation sites is 1. The SMILES string of the molecule is Cc1ccccc1NC(=O)CC(=O)Nc1cccc(Cl)c1. The summed E-state index contributed by atoms with van der Waals surface area (Å²) in [5.74, 6) is -0.743. The summed E-state index contributed by atoms with van der Waals surface area (Å²) in [4.78, 5) is 23.6. The average molecular weight is 303 g/mol. The van der Waals surface area contributed by atoms with E-state index in [1.165, 1.54) is 0 Å². The van der Waals surface area contributed by atoms with Crippen LogP contribution in [0.1, 0.15) is 12.0 Å². The average Bonchev–Trinajstić information content (AvgIpc) is 2.41. The minimum absolute atomic E-state index is 0.249. The summed E-state index contributed by atoms with van der Waals surface area (Å²) in [5.41, 5.74) is 2.22. The lowest BCUT2D eigenvalue weighted by atomic mass is 10.2. The summed E-state index contributed by atoms with van der Waals surface area (Å²) in [5, 5.41) is 5.87. The summed E-state index contributed by atoms with van der Waals surface area (Å²) in [6, 6.07) is 14.2. The lowest BCUT2D eigenvalue weighted by Gasteiger charge is -2.08. The number of aryl methyl sites for hydroxylation is 1. The number of benzene rings is 2. The van der Waals surface area contributed by atoms with Gasteiger partial charge in [0.2, 0.25) is 11.8 Å². The van der Waals surface area contributed by atoms with Crippen molar-refractivity contribution in [1.29, 1.82) is 0 Å². The van der Waals surface area contributed by atoms with Gasteiger partial charge in [-0.25, -0.2) is 0 Å². The molecular formula is C16H15ClN2O2. The molecule has 4 nitrogen and oxygen atoms in total. The first kappa shape index (κ1) is 15.1. The number of anilines is 2. The van der Waals surface area contributed by atoms with E-state index >= 15 is 0 Å². The molecule has 0 atom stereocenters. The van der Waals surface area contributed by atoms with E-state index in [0.717, 1.165) is 5.56 Å². The number of carbonyl (C=O) groups is 2. The molecule has 2 aromatic rings. The molecule has 5 heteroatoms. The maximum Gasteiger partial charge on any atom is 0.233 e. The van der Waals surface area contributed by atoms with Crippen LogP contribution in [0.5, 0.6) is 0 Å². The molecule has 0 saturated carbocycles. The predicted octanol–water partition coefficient (Wildman–Crippen LogP) is 3.62. The van der Waals surface area contributed by atoms with E-state index in [0.29, 0.717) is 16.4 Å². The van der Waals surface area contributed by atoms with E-state index in [2.05, 4.69) is 10.6 Å². The van der Waals surface area contributed by atoms with E-state index < -0.39 is 0 Å². The van der Waals surface area contributed by atoms with Crippen molar-refractivity contribution in [3.63, 3.8) is 0 Å². The molecule has 0 fully saturated rings. The van der Waals surface area contributed by atoms with Crippen molar-refractivity contribution in [2.24, 2.45) is 0 Å². The van der Waals surface area contributed by atoms with Gasteiger partial charge in [0.15, 0.2) is 0 Å². The Morgan fingerprint density at radius 2 is 1.71 bits per heavy atom. The van der Waals surface area contributed by atoms with Gasteiger partial charge in [0.1, 0.15) is 6.42 Å². The second-order valence-corrected chi connectivity index (χ2v) is 5.03.